The number of aliphatic hydroxyl groups excluding tert-OH is 1. The first-order chi connectivity index (χ1) is 10.3. The Hall–Kier alpha value is -1.31. The third-order valence-corrected chi connectivity index (χ3v) is 4.52. The number of piperidine rings is 1. The lowest BCUT2D eigenvalue weighted by atomic mass is 9.82. The number of rotatable bonds is 4. The highest BCUT2D eigenvalue weighted by molar-refractivity contribution is 5.97. The highest BCUT2D eigenvalue weighted by atomic mass is 16.7. The van der Waals surface area contributed by atoms with Gasteiger partial charge in [0.1, 0.15) is 19.0 Å². The third kappa shape index (κ3) is 3.53. The van der Waals surface area contributed by atoms with E-state index in [1.165, 1.54) is 0 Å². The molecule has 0 aliphatic carbocycles. The molecule has 0 aromatic carbocycles. The van der Waals surface area contributed by atoms with Gasteiger partial charge in [0.05, 0.1) is 6.10 Å². The Morgan fingerprint density at radius 3 is 2.32 bits per heavy atom. The largest absolute Gasteiger partial charge is 0.387 e. The SMILES string of the molecule is CC(C)C(C)C(=O)C1OCOC(C2CC(=O)NC(=O)C2)C1O. The van der Waals surface area contributed by atoms with Crippen molar-refractivity contribution in [3.8, 4) is 0 Å². The average Bonchev–Trinajstić information content (AvgIpc) is 2.44. The minimum Gasteiger partial charge on any atom is -0.387 e. The molecule has 2 saturated heterocycles. The van der Waals surface area contributed by atoms with E-state index in [0.29, 0.717) is 0 Å². The van der Waals surface area contributed by atoms with Crippen LogP contribution in [0.25, 0.3) is 0 Å². The molecule has 2 heterocycles. The van der Waals surface area contributed by atoms with E-state index >= 15 is 0 Å². The summed E-state index contributed by atoms with van der Waals surface area (Å²) >= 11 is 0. The van der Waals surface area contributed by atoms with Crippen molar-refractivity contribution in [2.75, 3.05) is 6.79 Å². The summed E-state index contributed by atoms with van der Waals surface area (Å²) in [7, 11) is 0. The molecule has 0 bridgehead atoms. The highest BCUT2D eigenvalue weighted by Crippen LogP contribution is 2.29. The van der Waals surface area contributed by atoms with Gasteiger partial charge in [-0.25, -0.2) is 0 Å². The zero-order valence-corrected chi connectivity index (χ0v) is 13.1. The van der Waals surface area contributed by atoms with Crippen LogP contribution in [0, 0.1) is 17.8 Å². The Morgan fingerprint density at radius 2 is 1.77 bits per heavy atom. The maximum atomic E-state index is 12.4. The molecule has 0 aromatic rings. The number of ether oxygens (including phenoxy) is 2. The van der Waals surface area contributed by atoms with E-state index < -0.39 is 24.2 Å². The van der Waals surface area contributed by atoms with E-state index in [1.54, 1.807) is 6.92 Å². The fourth-order valence-corrected chi connectivity index (χ4v) is 2.85. The number of nitrogens with one attached hydrogen (secondary N) is 1. The lowest BCUT2D eigenvalue weighted by Crippen LogP contribution is -2.56. The molecule has 0 saturated carbocycles. The summed E-state index contributed by atoms with van der Waals surface area (Å²) < 4.78 is 10.7. The molecule has 2 rings (SSSR count). The van der Waals surface area contributed by atoms with Crippen LogP contribution in [0.3, 0.4) is 0 Å². The summed E-state index contributed by atoms with van der Waals surface area (Å²) in [4.78, 5) is 35.4. The van der Waals surface area contributed by atoms with Gasteiger partial charge < -0.3 is 14.6 Å². The van der Waals surface area contributed by atoms with Crippen molar-refractivity contribution in [3.05, 3.63) is 0 Å². The predicted octanol–water partition coefficient (Wildman–Crippen LogP) is 0.00280. The monoisotopic (exact) mass is 313 g/mol. The smallest absolute Gasteiger partial charge is 0.226 e. The number of carbonyl (C=O) groups excluding carboxylic acids is 3. The van der Waals surface area contributed by atoms with Gasteiger partial charge in [-0.05, 0) is 5.92 Å². The molecule has 2 aliphatic rings. The fourth-order valence-electron chi connectivity index (χ4n) is 2.85. The fraction of sp³-hybridized carbons (Fsp3) is 0.800. The van der Waals surface area contributed by atoms with Crippen LogP contribution in [-0.2, 0) is 23.9 Å². The van der Waals surface area contributed by atoms with Crippen molar-refractivity contribution in [3.63, 3.8) is 0 Å². The number of hydrogen-bond donors (Lipinski definition) is 2. The zero-order chi connectivity index (χ0) is 16.4. The number of carbonyl (C=O) groups is 3. The number of ketones is 1. The van der Waals surface area contributed by atoms with Crippen molar-refractivity contribution in [1.29, 1.82) is 0 Å². The number of Topliss-reactive ketones (excluding diaryl/α,β-unsaturated/α-hetero) is 1. The Kier molecular flexibility index (Phi) is 5.31. The van der Waals surface area contributed by atoms with Crippen molar-refractivity contribution in [2.45, 2.75) is 51.9 Å². The van der Waals surface area contributed by atoms with Crippen LogP contribution in [-0.4, -0.2) is 47.8 Å². The molecule has 2 aliphatic heterocycles. The van der Waals surface area contributed by atoms with Crippen LogP contribution in [0.4, 0.5) is 0 Å². The standard InChI is InChI=1S/C15H23NO6/c1-7(2)8(3)12(19)15-13(20)14(21-6-22-15)9-4-10(17)16-11(18)5-9/h7-9,13-15,20H,4-6H2,1-3H3,(H,16,17,18). The van der Waals surface area contributed by atoms with Gasteiger partial charge in [-0.1, -0.05) is 20.8 Å². The minimum absolute atomic E-state index is 0.0914. The molecule has 2 amide bonds. The maximum absolute atomic E-state index is 12.4. The van der Waals surface area contributed by atoms with Gasteiger partial charge in [0.15, 0.2) is 5.78 Å². The number of imide groups is 1. The Labute approximate surface area is 129 Å². The van der Waals surface area contributed by atoms with Crippen LogP contribution in [0.5, 0.6) is 0 Å². The van der Waals surface area contributed by atoms with Gasteiger partial charge in [0.25, 0.3) is 0 Å². The van der Waals surface area contributed by atoms with Crippen molar-refractivity contribution < 1.29 is 29.0 Å². The van der Waals surface area contributed by atoms with E-state index in [-0.39, 0.29) is 49.1 Å². The Balaban J connectivity index is 2.09. The second-order valence-electron chi connectivity index (χ2n) is 6.40. The summed E-state index contributed by atoms with van der Waals surface area (Å²) in [6.45, 7) is 5.52. The summed E-state index contributed by atoms with van der Waals surface area (Å²) in [6.07, 6.45) is -2.72. The number of amides is 2. The lowest BCUT2D eigenvalue weighted by molar-refractivity contribution is -0.241. The van der Waals surface area contributed by atoms with E-state index in [4.69, 9.17) is 9.47 Å². The summed E-state index contributed by atoms with van der Waals surface area (Å²) in [5, 5.41) is 12.7. The lowest BCUT2D eigenvalue weighted by Gasteiger charge is -2.39. The molecular formula is C15H23NO6. The zero-order valence-electron chi connectivity index (χ0n) is 13.1. The van der Waals surface area contributed by atoms with Crippen molar-refractivity contribution in [2.24, 2.45) is 17.8 Å². The molecule has 4 unspecified atom stereocenters. The van der Waals surface area contributed by atoms with Gasteiger partial charge in [-0.2, -0.15) is 0 Å². The van der Waals surface area contributed by atoms with Crippen LogP contribution in [0.1, 0.15) is 33.6 Å². The van der Waals surface area contributed by atoms with Gasteiger partial charge in [0, 0.05) is 24.7 Å². The first-order valence-corrected chi connectivity index (χ1v) is 7.59. The molecule has 0 aromatic heterocycles. The Bertz CT molecular complexity index is 447. The van der Waals surface area contributed by atoms with Crippen molar-refractivity contribution >= 4 is 17.6 Å². The summed E-state index contributed by atoms with van der Waals surface area (Å²) in [6, 6.07) is 0. The number of aliphatic hydroxyl groups is 1. The molecule has 7 nitrogen and oxygen atoms in total. The van der Waals surface area contributed by atoms with Gasteiger partial charge in [-0.3, -0.25) is 19.7 Å². The second kappa shape index (κ2) is 6.85. The molecule has 0 radical (unpaired) electrons. The van der Waals surface area contributed by atoms with Gasteiger partial charge >= 0.3 is 0 Å². The highest BCUT2D eigenvalue weighted by Gasteiger charge is 2.45. The van der Waals surface area contributed by atoms with E-state index in [1.807, 2.05) is 13.8 Å². The van der Waals surface area contributed by atoms with Gasteiger partial charge in [0.2, 0.25) is 11.8 Å². The van der Waals surface area contributed by atoms with E-state index in [9.17, 15) is 19.5 Å². The minimum atomic E-state index is -1.17. The third-order valence-electron chi connectivity index (χ3n) is 4.52. The quantitative estimate of drug-likeness (QED) is 0.709. The predicted molar refractivity (Wildman–Crippen MR) is 75.5 cm³/mol. The van der Waals surface area contributed by atoms with Crippen molar-refractivity contribution in [1.82, 2.24) is 5.32 Å². The molecule has 7 heteroatoms. The van der Waals surface area contributed by atoms with Gasteiger partial charge in [-0.15, -0.1) is 0 Å². The summed E-state index contributed by atoms with van der Waals surface area (Å²) in [5.74, 6) is -1.52. The Morgan fingerprint density at radius 1 is 1.18 bits per heavy atom. The molecule has 124 valence electrons. The normalized spacial score (nSPS) is 32.0. The van der Waals surface area contributed by atoms with Crippen LogP contribution in [0.2, 0.25) is 0 Å². The topological polar surface area (TPSA) is 102 Å². The van der Waals surface area contributed by atoms with E-state index in [0.717, 1.165) is 0 Å². The molecule has 4 atom stereocenters. The summed E-state index contributed by atoms with van der Waals surface area (Å²) in [5.41, 5.74) is 0. The van der Waals surface area contributed by atoms with Crippen LogP contribution >= 0.6 is 0 Å². The first-order valence-electron chi connectivity index (χ1n) is 7.59. The van der Waals surface area contributed by atoms with E-state index in [2.05, 4.69) is 5.32 Å². The first kappa shape index (κ1) is 17.1. The molecule has 2 fully saturated rings. The van der Waals surface area contributed by atoms with Crippen LogP contribution in [0.15, 0.2) is 0 Å². The second-order valence-corrected chi connectivity index (χ2v) is 6.40. The van der Waals surface area contributed by atoms with Crippen LogP contribution < -0.4 is 5.32 Å². The maximum Gasteiger partial charge on any atom is 0.226 e. The molecule has 22 heavy (non-hydrogen) atoms. The molecule has 0 spiro atoms. The number of hydrogen-bond acceptors (Lipinski definition) is 6. The average molecular weight is 313 g/mol. The molecule has 2 N–H and O–H groups in total. The molecular weight excluding hydrogens is 290 g/mol.